The molecule has 0 unspecified atom stereocenters. The van der Waals surface area contributed by atoms with E-state index in [-0.39, 0.29) is 18.7 Å². The zero-order valence-electron chi connectivity index (χ0n) is 15.3. The van der Waals surface area contributed by atoms with Crippen molar-refractivity contribution >= 4 is 23.2 Å². The van der Waals surface area contributed by atoms with Gasteiger partial charge in [-0.3, -0.25) is 4.79 Å². The molecule has 0 radical (unpaired) electrons. The van der Waals surface area contributed by atoms with Crippen molar-refractivity contribution in [3.8, 4) is 23.8 Å². The van der Waals surface area contributed by atoms with Crippen LogP contribution in [0.3, 0.4) is 0 Å². The molecular weight excluding hydrogens is 364 g/mol. The number of fused-ring (bicyclic) bond motifs is 1. The predicted molar refractivity (Wildman–Crippen MR) is 106 cm³/mol. The Kier molecular flexibility index (Phi) is 5.78. The van der Waals surface area contributed by atoms with E-state index in [9.17, 15) is 4.79 Å². The molecule has 1 atom stereocenters. The second-order valence-corrected chi connectivity index (χ2v) is 6.53. The van der Waals surface area contributed by atoms with Crippen molar-refractivity contribution in [2.24, 2.45) is 0 Å². The Labute approximate surface area is 164 Å². The minimum atomic E-state index is -0.361. The van der Waals surface area contributed by atoms with Gasteiger partial charge in [-0.2, -0.15) is 0 Å². The van der Waals surface area contributed by atoms with Crippen LogP contribution in [0.15, 0.2) is 36.4 Å². The predicted octanol–water partition coefficient (Wildman–Crippen LogP) is 4.34. The summed E-state index contributed by atoms with van der Waals surface area (Å²) in [6.07, 6.45) is 5.74. The lowest BCUT2D eigenvalue weighted by molar-refractivity contribution is 0.0683. The highest BCUT2D eigenvalue weighted by Crippen LogP contribution is 2.41. The zero-order chi connectivity index (χ0) is 19.4. The molecule has 2 aromatic rings. The second kappa shape index (κ2) is 8.24. The second-order valence-electron chi connectivity index (χ2n) is 6.12. The standard InChI is InChI=1S/C21H21ClN2O3/c1-4-10-24-20(23-17-9-7-6-8-15(17)21(24)25)14-12-16(22)19(27-11-5-2)18(13-14)26-3/h2,6-9,12-13,20,23H,4,10-11H2,1,3H3/t20-/m0/s1. The maximum Gasteiger partial charge on any atom is 0.257 e. The zero-order valence-corrected chi connectivity index (χ0v) is 16.0. The van der Waals surface area contributed by atoms with Crippen molar-refractivity contribution in [3.05, 3.63) is 52.5 Å². The Morgan fingerprint density at radius 1 is 1.33 bits per heavy atom. The fourth-order valence-electron chi connectivity index (χ4n) is 3.18. The fourth-order valence-corrected chi connectivity index (χ4v) is 3.45. The monoisotopic (exact) mass is 384 g/mol. The number of rotatable bonds is 6. The van der Waals surface area contributed by atoms with Gasteiger partial charge in [-0.25, -0.2) is 0 Å². The number of hydrogen-bond acceptors (Lipinski definition) is 4. The van der Waals surface area contributed by atoms with Crippen molar-refractivity contribution in [1.29, 1.82) is 0 Å². The average molecular weight is 385 g/mol. The lowest BCUT2D eigenvalue weighted by atomic mass is 10.0. The molecule has 0 spiro atoms. The molecule has 1 aliphatic rings. The number of nitrogens with one attached hydrogen (secondary N) is 1. The van der Waals surface area contributed by atoms with E-state index in [0.717, 1.165) is 17.7 Å². The summed E-state index contributed by atoms with van der Waals surface area (Å²) in [5, 5.41) is 3.82. The third kappa shape index (κ3) is 3.67. The quantitative estimate of drug-likeness (QED) is 0.753. The lowest BCUT2D eigenvalue weighted by Crippen LogP contribution is -2.43. The SMILES string of the molecule is C#CCOc1c(Cl)cc([C@H]2Nc3ccccc3C(=O)N2CCC)cc1OC. The van der Waals surface area contributed by atoms with Crippen LogP contribution in [-0.4, -0.2) is 31.1 Å². The van der Waals surface area contributed by atoms with Crippen LogP contribution in [-0.2, 0) is 0 Å². The first-order chi connectivity index (χ1) is 13.1. The van der Waals surface area contributed by atoms with Gasteiger partial charge >= 0.3 is 0 Å². The molecular formula is C21H21ClN2O3. The largest absolute Gasteiger partial charge is 0.493 e. The van der Waals surface area contributed by atoms with Crippen LogP contribution in [0.5, 0.6) is 11.5 Å². The number of carbonyl (C=O) groups excluding carboxylic acids is 1. The number of amides is 1. The Bertz CT molecular complexity index is 891. The number of methoxy groups -OCH3 is 1. The summed E-state index contributed by atoms with van der Waals surface area (Å²) in [6.45, 7) is 2.74. The third-order valence-corrected chi connectivity index (χ3v) is 4.63. The molecule has 0 saturated heterocycles. The number of terminal acetylenes is 1. The lowest BCUT2D eigenvalue weighted by Gasteiger charge is -2.38. The molecule has 140 valence electrons. The summed E-state index contributed by atoms with van der Waals surface area (Å²) in [5.74, 6) is 3.26. The van der Waals surface area contributed by atoms with Gasteiger partial charge in [-0.1, -0.05) is 36.6 Å². The topological polar surface area (TPSA) is 50.8 Å². The van der Waals surface area contributed by atoms with E-state index < -0.39 is 0 Å². The summed E-state index contributed by atoms with van der Waals surface area (Å²) >= 11 is 6.42. The van der Waals surface area contributed by atoms with Crippen LogP contribution < -0.4 is 14.8 Å². The van der Waals surface area contributed by atoms with Crippen molar-refractivity contribution in [1.82, 2.24) is 4.90 Å². The van der Waals surface area contributed by atoms with Gasteiger partial charge in [-0.15, -0.1) is 6.42 Å². The van der Waals surface area contributed by atoms with Crippen LogP contribution in [0.1, 0.15) is 35.4 Å². The third-order valence-electron chi connectivity index (χ3n) is 4.35. The van der Waals surface area contributed by atoms with E-state index >= 15 is 0 Å². The highest BCUT2D eigenvalue weighted by atomic mass is 35.5. The van der Waals surface area contributed by atoms with Crippen LogP contribution in [0.2, 0.25) is 5.02 Å². The Hall–Kier alpha value is -2.84. The number of carbonyl (C=O) groups is 1. The van der Waals surface area contributed by atoms with Crippen LogP contribution in [0.25, 0.3) is 0 Å². The van der Waals surface area contributed by atoms with E-state index in [4.69, 9.17) is 27.5 Å². The minimum absolute atomic E-state index is 0.0149. The molecule has 1 amide bonds. The molecule has 6 heteroatoms. The minimum Gasteiger partial charge on any atom is -0.493 e. The molecule has 1 aliphatic heterocycles. The molecule has 5 nitrogen and oxygen atoms in total. The first-order valence-corrected chi connectivity index (χ1v) is 9.08. The molecule has 0 fully saturated rings. The molecule has 2 aromatic carbocycles. The number of anilines is 1. The molecule has 0 aromatic heterocycles. The summed E-state index contributed by atoms with van der Waals surface area (Å²) in [6, 6.07) is 11.1. The summed E-state index contributed by atoms with van der Waals surface area (Å²) in [4.78, 5) is 14.8. The number of nitrogens with zero attached hydrogens (tertiary/aromatic N) is 1. The first kappa shape index (κ1) is 18.9. The van der Waals surface area contributed by atoms with Gasteiger partial charge in [-0.05, 0) is 30.7 Å². The van der Waals surface area contributed by atoms with Gasteiger partial charge in [0.25, 0.3) is 5.91 Å². The van der Waals surface area contributed by atoms with Gasteiger partial charge in [0.1, 0.15) is 12.8 Å². The van der Waals surface area contributed by atoms with Crippen molar-refractivity contribution in [2.75, 3.05) is 25.6 Å². The van der Waals surface area contributed by atoms with Crippen molar-refractivity contribution < 1.29 is 14.3 Å². The number of para-hydroxylation sites is 1. The highest BCUT2D eigenvalue weighted by Gasteiger charge is 2.33. The van der Waals surface area contributed by atoms with Gasteiger partial charge < -0.3 is 19.7 Å². The Morgan fingerprint density at radius 3 is 2.81 bits per heavy atom. The Morgan fingerprint density at radius 2 is 2.11 bits per heavy atom. The summed E-state index contributed by atoms with van der Waals surface area (Å²) < 4.78 is 10.9. The Balaban J connectivity index is 2.04. The number of hydrogen-bond donors (Lipinski definition) is 1. The summed E-state index contributed by atoms with van der Waals surface area (Å²) in [5.41, 5.74) is 2.26. The van der Waals surface area contributed by atoms with Gasteiger partial charge in [0.2, 0.25) is 0 Å². The van der Waals surface area contributed by atoms with Crippen molar-refractivity contribution in [3.63, 3.8) is 0 Å². The van der Waals surface area contributed by atoms with E-state index in [2.05, 4.69) is 11.2 Å². The maximum atomic E-state index is 13.0. The number of halogens is 1. The number of ether oxygens (including phenoxy) is 2. The fraction of sp³-hybridized carbons (Fsp3) is 0.286. The summed E-state index contributed by atoms with van der Waals surface area (Å²) in [7, 11) is 1.54. The molecule has 0 bridgehead atoms. The average Bonchev–Trinajstić information content (AvgIpc) is 2.68. The number of benzene rings is 2. The smallest absolute Gasteiger partial charge is 0.257 e. The van der Waals surface area contributed by atoms with Crippen LogP contribution in [0, 0.1) is 12.3 Å². The van der Waals surface area contributed by atoms with Crippen molar-refractivity contribution in [2.45, 2.75) is 19.5 Å². The van der Waals surface area contributed by atoms with E-state index in [1.165, 1.54) is 7.11 Å². The van der Waals surface area contributed by atoms with E-state index in [0.29, 0.717) is 28.6 Å². The van der Waals surface area contributed by atoms with Gasteiger partial charge in [0, 0.05) is 17.8 Å². The molecule has 27 heavy (non-hydrogen) atoms. The van der Waals surface area contributed by atoms with E-state index in [1.807, 2.05) is 37.3 Å². The normalized spacial score (nSPS) is 15.6. The molecule has 3 rings (SSSR count). The van der Waals surface area contributed by atoms with Gasteiger partial charge in [0.15, 0.2) is 11.5 Å². The molecule has 1 heterocycles. The molecule has 0 aliphatic carbocycles. The van der Waals surface area contributed by atoms with Gasteiger partial charge in [0.05, 0.1) is 17.7 Å². The first-order valence-electron chi connectivity index (χ1n) is 8.71. The molecule has 0 saturated carbocycles. The maximum absolute atomic E-state index is 13.0. The highest BCUT2D eigenvalue weighted by molar-refractivity contribution is 6.32. The van der Waals surface area contributed by atoms with Crippen LogP contribution in [0.4, 0.5) is 5.69 Å². The molecule has 1 N–H and O–H groups in total. The van der Waals surface area contributed by atoms with E-state index in [1.54, 1.807) is 11.0 Å². The van der Waals surface area contributed by atoms with Crippen LogP contribution >= 0.6 is 11.6 Å².